The Morgan fingerprint density at radius 1 is 0.967 bits per heavy atom. The molecule has 0 unspecified atom stereocenters. The minimum Gasteiger partial charge on any atom is -0.354 e. The van der Waals surface area contributed by atoms with Crippen molar-refractivity contribution in [2.75, 3.05) is 17.8 Å². The molecule has 2 heterocycles. The third-order valence-electron chi connectivity index (χ3n) is 4.19. The number of nitrogens with zero attached hydrogens (tertiary/aromatic N) is 4. The van der Waals surface area contributed by atoms with Crippen LogP contribution < -0.4 is 21.5 Å². The summed E-state index contributed by atoms with van der Waals surface area (Å²) >= 11 is 0. The maximum Gasteiger partial charge on any atom is 0.337 e. The fourth-order valence-electron chi connectivity index (χ4n) is 2.71. The highest BCUT2D eigenvalue weighted by Gasteiger charge is 2.08. The zero-order chi connectivity index (χ0) is 20.9. The second-order valence-electron chi connectivity index (χ2n) is 6.22. The summed E-state index contributed by atoms with van der Waals surface area (Å²) in [7, 11) is 1.55. The van der Waals surface area contributed by atoms with Gasteiger partial charge in [0.2, 0.25) is 0 Å². The summed E-state index contributed by atoms with van der Waals surface area (Å²) in [6.45, 7) is 0. The molecule has 10 nitrogen and oxygen atoms in total. The SMILES string of the molecule is CNC(=O)c1ccn(-c2ccc(NC(=O)NNc3cnc4ccccc4n3)cc2)n1. The van der Waals surface area contributed by atoms with Gasteiger partial charge in [0.1, 0.15) is 0 Å². The Balaban J connectivity index is 1.35. The summed E-state index contributed by atoms with van der Waals surface area (Å²) in [4.78, 5) is 32.4. The fraction of sp³-hybridized carbons (Fsp3) is 0.0500. The maximum atomic E-state index is 12.1. The number of hydrogen-bond acceptors (Lipinski definition) is 6. The molecule has 0 saturated carbocycles. The molecule has 0 aliphatic carbocycles. The van der Waals surface area contributed by atoms with E-state index in [4.69, 9.17) is 0 Å². The molecule has 0 bridgehead atoms. The van der Waals surface area contributed by atoms with Crippen molar-refractivity contribution in [2.24, 2.45) is 0 Å². The van der Waals surface area contributed by atoms with Gasteiger partial charge < -0.3 is 10.6 Å². The third-order valence-corrected chi connectivity index (χ3v) is 4.19. The number of aromatic nitrogens is 4. The first-order valence-corrected chi connectivity index (χ1v) is 9.05. The van der Waals surface area contributed by atoms with Gasteiger partial charge in [0.05, 0.1) is 22.9 Å². The number of hydrazine groups is 1. The van der Waals surface area contributed by atoms with Crippen LogP contribution in [0, 0.1) is 0 Å². The van der Waals surface area contributed by atoms with E-state index >= 15 is 0 Å². The second-order valence-corrected chi connectivity index (χ2v) is 6.22. The van der Waals surface area contributed by atoms with Crippen LogP contribution >= 0.6 is 0 Å². The molecule has 0 atom stereocenters. The van der Waals surface area contributed by atoms with Crippen molar-refractivity contribution >= 4 is 34.5 Å². The Morgan fingerprint density at radius 3 is 2.50 bits per heavy atom. The lowest BCUT2D eigenvalue weighted by atomic mass is 10.3. The molecule has 4 rings (SSSR count). The van der Waals surface area contributed by atoms with Crippen LogP contribution in [0.5, 0.6) is 0 Å². The van der Waals surface area contributed by atoms with Crippen molar-refractivity contribution in [3.8, 4) is 5.69 Å². The lowest BCUT2D eigenvalue weighted by molar-refractivity contribution is 0.0957. The number of para-hydroxylation sites is 2. The standard InChI is InChI=1S/C20H18N8O2/c1-21-19(29)17-10-11-28(27-17)14-8-6-13(7-9-14)23-20(30)26-25-18-12-22-15-4-2-3-5-16(15)24-18/h2-12H,1H3,(H,21,29)(H,24,25)(H2,23,26,30). The highest BCUT2D eigenvalue weighted by Crippen LogP contribution is 2.14. The van der Waals surface area contributed by atoms with Gasteiger partial charge in [-0.1, -0.05) is 12.1 Å². The number of carbonyl (C=O) groups is 2. The molecule has 4 N–H and O–H groups in total. The number of rotatable bonds is 5. The number of urea groups is 1. The number of nitrogens with one attached hydrogen (secondary N) is 4. The van der Waals surface area contributed by atoms with Gasteiger partial charge in [-0.15, -0.1) is 0 Å². The van der Waals surface area contributed by atoms with E-state index in [1.807, 2.05) is 24.3 Å². The molecule has 150 valence electrons. The largest absolute Gasteiger partial charge is 0.354 e. The van der Waals surface area contributed by atoms with E-state index in [1.54, 1.807) is 48.3 Å². The highest BCUT2D eigenvalue weighted by atomic mass is 16.2. The minimum absolute atomic E-state index is 0.257. The van der Waals surface area contributed by atoms with Gasteiger partial charge in [-0.05, 0) is 42.5 Å². The van der Waals surface area contributed by atoms with E-state index in [1.165, 1.54) is 6.20 Å². The summed E-state index contributed by atoms with van der Waals surface area (Å²) in [5.41, 5.74) is 8.39. The molecule has 3 amide bonds. The van der Waals surface area contributed by atoms with Crippen LogP contribution in [-0.4, -0.2) is 38.7 Å². The van der Waals surface area contributed by atoms with Crippen LogP contribution in [-0.2, 0) is 0 Å². The van der Waals surface area contributed by atoms with Crippen molar-refractivity contribution in [1.29, 1.82) is 0 Å². The summed E-state index contributed by atoms with van der Waals surface area (Å²) in [6.07, 6.45) is 3.22. The van der Waals surface area contributed by atoms with Crippen LogP contribution in [0.4, 0.5) is 16.3 Å². The Bertz CT molecular complexity index is 1200. The van der Waals surface area contributed by atoms with Gasteiger partial charge in [-0.25, -0.2) is 19.9 Å². The van der Waals surface area contributed by atoms with Crippen LogP contribution in [0.15, 0.2) is 67.0 Å². The van der Waals surface area contributed by atoms with Crippen molar-refractivity contribution in [2.45, 2.75) is 0 Å². The number of anilines is 2. The lowest BCUT2D eigenvalue weighted by Crippen LogP contribution is -2.33. The van der Waals surface area contributed by atoms with Crippen molar-refractivity contribution in [1.82, 2.24) is 30.5 Å². The minimum atomic E-state index is -0.460. The molecule has 4 aromatic rings. The first-order chi connectivity index (χ1) is 14.6. The monoisotopic (exact) mass is 402 g/mol. The molecular formula is C20H18N8O2. The van der Waals surface area contributed by atoms with Gasteiger partial charge in [-0.3, -0.25) is 15.2 Å². The zero-order valence-corrected chi connectivity index (χ0v) is 16.0. The van der Waals surface area contributed by atoms with E-state index in [9.17, 15) is 9.59 Å². The normalized spacial score (nSPS) is 10.4. The maximum absolute atomic E-state index is 12.1. The zero-order valence-electron chi connectivity index (χ0n) is 16.0. The van der Waals surface area contributed by atoms with Crippen molar-refractivity contribution in [3.63, 3.8) is 0 Å². The molecule has 0 saturated heterocycles. The van der Waals surface area contributed by atoms with Gasteiger partial charge in [0.25, 0.3) is 5.91 Å². The predicted molar refractivity (Wildman–Crippen MR) is 112 cm³/mol. The van der Waals surface area contributed by atoms with E-state index in [-0.39, 0.29) is 5.91 Å². The van der Waals surface area contributed by atoms with E-state index in [2.05, 4.69) is 36.6 Å². The fourth-order valence-corrected chi connectivity index (χ4v) is 2.71. The molecule has 2 aromatic carbocycles. The topological polar surface area (TPSA) is 126 Å². The molecule has 0 fully saturated rings. The lowest BCUT2D eigenvalue weighted by Gasteiger charge is -2.10. The first kappa shape index (κ1) is 18.9. The summed E-state index contributed by atoms with van der Waals surface area (Å²) in [5, 5.41) is 9.44. The number of hydrogen-bond donors (Lipinski definition) is 4. The van der Waals surface area contributed by atoms with Crippen LogP contribution in [0.2, 0.25) is 0 Å². The van der Waals surface area contributed by atoms with Crippen LogP contribution in [0.3, 0.4) is 0 Å². The second kappa shape index (κ2) is 8.27. The molecule has 30 heavy (non-hydrogen) atoms. The van der Waals surface area contributed by atoms with E-state index in [0.717, 1.165) is 16.7 Å². The Morgan fingerprint density at radius 2 is 1.73 bits per heavy atom. The van der Waals surface area contributed by atoms with E-state index < -0.39 is 6.03 Å². The highest BCUT2D eigenvalue weighted by molar-refractivity contribution is 5.92. The Kier molecular flexibility index (Phi) is 5.20. The van der Waals surface area contributed by atoms with Crippen molar-refractivity contribution < 1.29 is 9.59 Å². The van der Waals surface area contributed by atoms with Gasteiger partial charge in [-0.2, -0.15) is 5.10 Å². The number of benzene rings is 2. The van der Waals surface area contributed by atoms with Crippen LogP contribution in [0.25, 0.3) is 16.7 Å². The molecule has 0 spiro atoms. The van der Waals surface area contributed by atoms with Crippen molar-refractivity contribution in [3.05, 3.63) is 72.7 Å². The summed E-state index contributed by atoms with van der Waals surface area (Å²) in [5.74, 6) is 0.164. The van der Waals surface area contributed by atoms with Gasteiger partial charge in [0, 0.05) is 18.9 Å². The Hall–Kier alpha value is -4.47. The number of fused-ring (bicyclic) bond motifs is 1. The average molecular weight is 402 g/mol. The molecule has 0 aliphatic heterocycles. The summed E-state index contributed by atoms with van der Waals surface area (Å²) in [6, 6.07) is 15.6. The first-order valence-electron chi connectivity index (χ1n) is 9.05. The quantitative estimate of drug-likeness (QED) is 0.380. The predicted octanol–water partition coefficient (Wildman–Crippen LogP) is 2.32. The Labute approximate surface area is 171 Å². The molecule has 10 heteroatoms. The molecule has 0 aliphatic rings. The molecular weight excluding hydrogens is 384 g/mol. The smallest absolute Gasteiger partial charge is 0.337 e. The van der Waals surface area contributed by atoms with E-state index in [0.29, 0.717) is 17.2 Å². The average Bonchev–Trinajstić information content (AvgIpc) is 3.28. The molecule has 0 radical (unpaired) electrons. The number of carbonyl (C=O) groups excluding carboxylic acids is 2. The van der Waals surface area contributed by atoms with Gasteiger partial charge >= 0.3 is 6.03 Å². The van der Waals surface area contributed by atoms with Crippen LogP contribution in [0.1, 0.15) is 10.5 Å². The number of amides is 3. The third kappa shape index (κ3) is 4.17. The molecule has 2 aromatic heterocycles. The van der Waals surface area contributed by atoms with Gasteiger partial charge in [0.15, 0.2) is 11.5 Å². The summed E-state index contributed by atoms with van der Waals surface area (Å²) < 4.78 is 1.58.